The minimum Gasteiger partial charge on any atom is -0.870 e. The number of nitrogen functional groups attached to an aromatic ring is 1. The number of anilines is 1. The van der Waals surface area contributed by atoms with Crippen LogP contribution in [0, 0.1) is 0 Å². The van der Waals surface area contributed by atoms with Crippen LogP contribution in [0.2, 0.25) is 0 Å². The van der Waals surface area contributed by atoms with Gasteiger partial charge in [-0.3, -0.25) is 62.7 Å². The number of benzene rings is 4. The second kappa shape index (κ2) is 86.3. The Morgan fingerprint density at radius 3 is 0.765 bits per heavy atom. The van der Waals surface area contributed by atoms with Crippen LogP contribution in [0.1, 0.15) is 237 Å². The number of carbonyl (C=O) groups excluding carboxylic acids is 10. The predicted octanol–water partition coefficient (Wildman–Crippen LogP) is 14.3. The van der Waals surface area contributed by atoms with E-state index in [2.05, 4.69) is 37.4 Å². The number of hydrogen-bond acceptors (Lipinski definition) is 18. The number of halogens is 4. The fourth-order valence-electron chi connectivity index (χ4n) is 8.20. The smallest absolute Gasteiger partial charge is 0.870 e. The number of amides is 1. The van der Waals surface area contributed by atoms with E-state index in [1.165, 1.54) is 21.3 Å². The van der Waals surface area contributed by atoms with E-state index >= 15 is 0 Å². The number of unbranched alkanes of at least 4 members (excludes halogenated alkanes) is 15. The van der Waals surface area contributed by atoms with Gasteiger partial charge >= 0.3 is 91.7 Å². The zero-order valence-corrected chi connectivity index (χ0v) is 69.1. The van der Waals surface area contributed by atoms with Crippen molar-refractivity contribution in [3.05, 3.63) is 138 Å². The fourth-order valence-corrected chi connectivity index (χ4v) is 8.33. The van der Waals surface area contributed by atoms with E-state index in [1.54, 1.807) is 5.48 Å². The number of nitrogens with two attached hydrogens (primary N) is 1. The monoisotopic (exact) mass is 1630 g/mol. The number of para-hydroxylation sites is 1. The van der Waals surface area contributed by atoms with Gasteiger partial charge in [0, 0.05) is 89.2 Å². The normalized spacial score (nSPS) is 9.21. The van der Waals surface area contributed by atoms with Gasteiger partial charge in [-0.2, -0.15) is 0 Å². The maximum Gasteiger partial charge on any atom is 1.00 e. The van der Waals surface area contributed by atoms with Gasteiger partial charge < -0.3 is 35.6 Å². The number of esters is 3. The molecule has 0 spiro atoms. The predicted molar refractivity (Wildman–Crippen MR) is 409 cm³/mol. The van der Waals surface area contributed by atoms with Crippen LogP contribution in [0.5, 0.6) is 0 Å². The van der Waals surface area contributed by atoms with Gasteiger partial charge in [-0.25, -0.2) is 5.48 Å². The summed E-state index contributed by atoms with van der Waals surface area (Å²) in [5, 5.41) is 22.5. The average molecular weight is 1630 g/mol. The molecule has 0 fully saturated rings. The van der Waals surface area contributed by atoms with E-state index in [0.29, 0.717) is 89.3 Å². The molecular formula is C76H115Cl3IKN2O19. The van der Waals surface area contributed by atoms with Crippen molar-refractivity contribution in [1.29, 1.82) is 0 Å². The molecule has 0 aliphatic heterocycles. The maximum absolute atomic E-state index is 11.7. The Balaban J connectivity index is -0.000000170. The number of hydroxylamine groups is 1. The van der Waals surface area contributed by atoms with Crippen molar-refractivity contribution < 1.29 is 144 Å². The Morgan fingerprint density at radius 1 is 0.353 bits per heavy atom. The van der Waals surface area contributed by atoms with Gasteiger partial charge in [-0.05, 0) is 128 Å². The molecule has 0 saturated heterocycles. The summed E-state index contributed by atoms with van der Waals surface area (Å²) in [5.74, 6) is -1.55. The molecule has 4 rings (SSSR count). The molecule has 1 amide bonds. The van der Waals surface area contributed by atoms with Crippen molar-refractivity contribution in [3.63, 3.8) is 0 Å². The van der Waals surface area contributed by atoms with Crippen LogP contribution in [-0.4, -0.2) is 111 Å². The summed E-state index contributed by atoms with van der Waals surface area (Å²) in [6, 6.07) is 38.8. The second-order valence-electron chi connectivity index (χ2n) is 21.5. The number of rotatable bonds is 42. The van der Waals surface area contributed by atoms with Crippen LogP contribution in [-0.2, 0) is 91.0 Å². The van der Waals surface area contributed by atoms with Gasteiger partial charge in [0.15, 0.2) is 0 Å². The largest absolute Gasteiger partial charge is 1.00 e. The van der Waals surface area contributed by atoms with Gasteiger partial charge in [0.25, 0.3) is 0 Å². The molecule has 0 aliphatic carbocycles. The van der Waals surface area contributed by atoms with Crippen molar-refractivity contribution in [3.8, 4) is 0 Å². The SMILES string of the molecule is CC.CC.COC(=O)CCCCCCC(=O)Cc1ccccc1.COC(=O)CCCCCCC(=O)Cl.COC(=O)CCCCCCC(=O)O.I.Nc1ccccc1.O=C(CCCCCCC(=O)NO)Cc1ccccc1.O=C(Cl)C(=O)Cl.O=C(O)CCCCCCC(=O)Cc1ccccc1.[K+].[OH-]. The van der Waals surface area contributed by atoms with E-state index in [4.69, 9.17) is 32.8 Å². The molecule has 0 heterocycles. The summed E-state index contributed by atoms with van der Waals surface area (Å²) in [5.41, 5.74) is 11.0. The summed E-state index contributed by atoms with van der Waals surface area (Å²) >= 11 is 14.1. The number of nitrogens with one attached hydrogen (secondary N) is 1. The summed E-state index contributed by atoms with van der Waals surface area (Å²) in [6.07, 6.45) is 23.3. The van der Waals surface area contributed by atoms with Gasteiger partial charge in [0.1, 0.15) is 17.3 Å². The maximum atomic E-state index is 11.7. The topological polar surface area (TPSA) is 361 Å². The van der Waals surface area contributed by atoms with Gasteiger partial charge in [0.2, 0.25) is 11.1 Å². The molecule has 0 unspecified atom stereocenters. The first-order valence-electron chi connectivity index (χ1n) is 34.1. The third-order valence-corrected chi connectivity index (χ3v) is 13.9. The van der Waals surface area contributed by atoms with Crippen molar-refractivity contribution in [2.24, 2.45) is 0 Å². The first-order chi connectivity index (χ1) is 47.5. The Bertz CT molecular complexity index is 2600. The van der Waals surface area contributed by atoms with Crippen LogP contribution >= 0.6 is 58.8 Å². The van der Waals surface area contributed by atoms with Gasteiger partial charge in [-0.15, -0.1) is 24.0 Å². The van der Waals surface area contributed by atoms with Crippen molar-refractivity contribution in [2.75, 3.05) is 27.1 Å². The fraction of sp³-hybridized carbons (Fsp3) is 0.526. The number of ether oxygens (including phenoxy) is 3. The molecule has 0 aromatic heterocycles. The second-order valence-corrected chi connectivity index (χ2v) is 22.6. The number of ketones is 3. The summed E-state index contributed by atoms with van der Waals surface area (Å²) in [6.45, 7) is 8.00. The van der Waals surface area contributed by atoms with Crippen molar-refractivity contribution in [2.45, 2.75) is 240 Å². The number of methoxy groups -OCH3 is 3. The van der Waals surface area contributed by atoms with Gasteiger partial charge in [0.05, 0.1) is 21.3 Å². The number of carboxylic acids is 2. The first kappa shape index (κ1) is 113. The Morgan fingerprint density at radius 2 is 0.569 bits per heavy atom. The molecule has 26 heteroatoms. The van der Waals surface area contributed by atoms with Crippen LogP contribution in [0.15, 0.2) is 121 Å². The van der Waals surface area contributed by atoms with Crippen LogP contribution in [0.4, 0.5) is 5.69 Å². The first-order valence-corrected chi connectivity index (χ1v) is 35.2. The average Bonchev–Trinajstić information content (AvgIpc) is 0.968. The molecule has 0 saturated carbocycles. The standard InChI is InChI=1S/C16H22O3.C15H21NO3.C15H20O3.C9H15ClO3.C9H16O4.C6H7N.C2Cl2O2.2C2H6.HI.K.H2O/c1-19-16(18)12-8-3-2-7-11-15(17)13-14-9-5-4-6-10-14;17-14(12-13-8-4-3-5-9-13)10-6-1-2-7-11-15(18)16-19;16-14(12-13-8-4-3-5-9-13)10-6-1-2-7-11-15(17)18;2*1-13-9(12)7-5-3-2-4-6-8(10)11;7-6-4-2-1-3-5-6;3-1(5)2(4)6;2*1-2;;;/h4-6,9-10H,2-3,7-8,11-13H2,1H3;3-5,8-9,19H,1-2,6-7,10-12H2,(H,16,18);3-5,8-9H,1-2,6-7,10-12H2,(H,17,18);2-7H2,1H3;2-7H2,1H3,(H,10,11);1-5H,7H2;;2*1-2H3;1H;;1H2/q;;;;;;;;;;+1;/p-1. The molecule has 572 valence electrons. The zero-order valence-electron chi connectivity index (χ0n) is 61.4. The summed E-state index contributed by atoms with van der Waals surface area (Å²) in [7, 11) is 4.16. The number of carbonyl (C=O) groups is 12. The Kier molecular flexibility index (Phi) is 95.2. The number of aliphatic carboxylic acids is 2. The Labute approximate surface area is 681 Å². The zero-order chi connectivity index (χ0) is 75.5. The summed E-state index contributed by atoms with van der Waals surface area (Å²) < 4.78 is 13.5. The number of hydrogen-bond donors (Lipinski definition) is 5. The number of Topliss-reactive ketones (excluding diaryl/α,β-unsaturated/α-hetero) is 3. The number of carboxylic acid groups (broad SMARTS) is 2. The van der Waals surface area contributed by atoms with Gasteiger partial charge in [-0.1, -0.05) is 201 Å². The molecule has 0 bridgehead atoms. The minimum absolute atomic E-state index is 0. The molecule has 4 aromatic rings. The molecule has 0 aliphatic rings. The van der Waals surface area contributed by atoms with E-state index < -0.39 is 22.4 Å². The molecular weight excluding hydrogens is 1520 g/mol. The molecule has 7 N–H and O–H groups in total. The van der Waals surface area contributed by atoms with E-state index in [9.17, 15) is 57.5 Å². The summed E-state index contributed by atoms with van der Waals surface area (Å²) in [4.78, 5) is 128. The molecule has 102 heavy (non-hydrogen) atoms. The van der Waals surface area contributed by atoms with E-state index in [1.807, 2.05) is 149 Å². The van der Waals surface area contributed by atoms with Crippen LogP contribution in [0.25, 0.3) is 0 Å². The third-order valence-electron chi connectivity index (χ3n) is 13.3. The quantitative estimate of drug-likeness (QED) is 0.00263. The van der Waals surface area contributed by atoms with Crippen molar-refractivity contribution >= 4 is 133 Å². The molecule has 21 nitrogen and oxygen atoms in total. The third kappa shape index (κ3) is 90.8. The van der Waals surface area contributed by atoms with Crippen molar-refractivity contribution in [1.82, 2.24) is 5.48 Å². The molecule has 4 aromatic carbocycles. The van der Waals surface area contributed by atoms with Crippen LogP contribution in [0.3, 0.4) is 0 Å². The van der Waals surface area contributed by atoms with E-state index in [-0.39, 0.29) is 134 Å². The molecule has 0 radical (unpaired) electrons. The molecule has 0 atom stereocenters. The Hall–Kier alpha value is -5.32. The van der Waals surface area contributed by atoms with Crippen LogP contribution < -0.4 is 62.6 Å². The van der Waals surface area contributed by atoms with E-state index in [0.717, 1.165) is 138 Å². The minimum atomic E-state index is -1.14.